The van der Waals surface area contributed by atoms with Gasteiger partial charge in [0.15, 0.2) is 0 Å². The Bertz CT molecular complexity index is 546. The molecule has 1 atom stereocenters. The molecular weight excluding hydrogens is 309 g/mol. The standard InChI is InChI=1S/C12H17Cl2NO3S/c1-3-8(2)6-15-19(17,18)11-5-10(13)4-9(7-16)12(11)14/h4-5,8,15-16H,3,6-7H2,1-2H3. The number of rotatable bonds is 6. The fourth-order valence-electron chi connectivity index (χ4n) is 1.40. The molecule has 0 aliphatic carbocycles. The molecule has 0 spiro atoms. The second kappa shape index (κ2) is 6.90. The molecule has 0 bridgehead atoms. The van der Waals surface area contributed by atoms with Crippen LogP contribution in [0, 0.1) is 5.92 Å². The molecule has 19 heavy (non-hydrogen) atoms. The Balaban J connectivity index is 3.11. The monoisotopic (exact) mass is 325 g/mol. The summed E-state index contributed by atoms with van der Waals surface area (Å²) in [6.07, 6.45) is 0.869. The van der Waals surface area contributed by atoms with Crippen LogP contribution >= 0.6 is 23.2 Å². The van der Waals surface area contributed by atoms with Crippen molar-refractivity contribution in [3.63, 3.8) is 0 Å². The summed E-state index contributed by atoms with van der Waals surface area (Å²) in [7, 11) is -3.73. The minimum absolute atomic E-state index is 0.00329. The highest BCUT2D eigenvalue weighted by Crippen LogP contribution is 2.29. The largest absolute Gasteiger partial charge is 0.392 e. The third kappa shape index (κ3) is 4.33. The van der Waals surface area contributed by atoms with Gasteiger partial charge in [-0.15, -0.1) is 0 Å². The summed E-state index contributed by atoms with van der Waals surface area (Å²) >= 11 is 11.8. The molecule has 0 heterocycles. The topological polar surface area (TPSA) is 66.4 Å². The molecular formula is C12H17Cl2NO3S. The Morgan fingerprint density at radius 3 is 2.53 bits per heavy atom. The maximum atomic E-state index is 12.2. The van der Waals surface area contributed by atoms with Gasteiger partial charge in [-0.25, -0.2) is 13.1 Å². The van der Waals surface area contributed by atoms with E-state index in [2.05, 4.69) is 4.72 Å². The molecule has 7 heteroatoms. The van der Waals surface area contributed by atoms with E-state index in [1.54, 1.807) is 0 Å². The minimum atomic E-state index is -3.73. The zero-order chi connectivity index (χ0) is 14.6. The number of hydrogen-bond donors (Lipinski definition) is 2. The van der Waals surface area contributed by atoms with Gasteiger partial charge in [-0.2, -0.15) is 0 Å². The van der Waals surface area contributed by atoms with Crippen molar-refractivity contribution in [1.82, 2.24) is 4.72 Å². The maximum absolute atomic E-state index is 12.2. The quantitative estimate of drug-likeness (QED) is 0.845. The molecule has 2 N–H and O–H groups in total. The van der Waals surface area contributed by atoms with Crippen LogP contribution in [-0.2, 0) is 16.6 Å². The molecule has 0 aliphatic rings. The number of hydrogen-bond acceptors (Lipinski definition) is 3. The van der Waals surface area contributed by atoms with Gasteiger partial charge in [0.2, 0.25) is 10.0 Å². The van der Waals surface area contributed by atoms with E-state index in [1.807, 2.05) is 13.8 Å². The first-order chi connectivity index (χ1) is 8.81. The van der Waals surface area contributed by atoms with Crippen molar-refractivity contribution < 1.29 is 13.5 Å². The van der Waals surface area contributed by atoms with Crippen LogP contribution in [0.4, 0.5) is 0 Å². The highest BCUT2D eigenvalue weighted by atomic mass is 35.5. The first-order valence-corrected chi connectivity index (χ1v) is 8.14. The summed E-state index contributed by atoms with van der Waals surface area (Å²) in [6, 6.07) is 2.72. The molecule has 0 radical (unpaired) electrons. The Hall–Kier alpha value is -0.330. The van der Waals surface area contributed by atoms with Crippen molar-refractivity contribution in [2.75, 3.05) is 6.54 Å². The van der Waals surface area contributed by atoms with E-state index < -0.39 is 10.0 Å². The summed E-state index contributed by atoms with van der Waals surface area (Å²) in [6.45, 7) is 3.89. The number of benzene rings is 1. The molecule has 108 valence electrons. The Kier molecular flexibility index (Phi) is 6.08. The van der Waals surface area contributed by atoms with Gasteiger partial charge in [-0.3, -0.25) is 0 Å². The molecule has 0 amide bonds. The van der Waals surface area contributed by atoms with E-state index in [-0.39, 0.29) is 33.0 Å². The Labute approximate surface area is 123 Å². The first kappa shape index (κ1) is 16.7. The highest BCUT2D eigenvalue weighted by Gasteiger charge is 2.21. The molecule has 0 fully saturated rings. The lowest BCUT2D eigenvalue weighted by molar-refractivity contribution is 0.281. The average molecular weight is 326 g/mol. The molecule has 0 saturated carbocycles. The molecule has 0 saturated heterocycles. The predicted octanol–water partition coefficient (Wildman–Crippen LogP) is 2.81. The van der Waals surface area contributed by atoms with Gasteiger partial charge in [0.05, 0.1) is 11.6 Å². The van der Waals surface area contributed by atoms with E-state index in [4.69, 9.17) is 28.3 Å². The van der Waals surface area contributed by atoms with Crippen molar-refractivity contribution in [2.45, 2.75) is 31.8 Å². The number of aliphatic hydroxyl groups excluding tert-OH is 1. The predicted molar refractivity (Wildman–Crippen MR) is 77.0 cm³/mol. The third-order valence-electron chi connectivity index (χ3n) is 2.86. The molecule has 1 aromatic rings. The molecule has 0 aromatic heterocycles. The van der Waals surface area contributed by atoms with Crippen LogP contribution in [0.1, 0.15) is 25.8 Å². The van der Waals surface area contributed by atoms with Crippen LogP contribution < -0.4 is 4.72 Å². The molecule has 1 unspecified atom stereocenters. The van der Waals surface area contributed by atoms with E-state index in [0.29, 0.717) is 6.54 Å². The Morgan fingerprint density at radius 1 is 1.37 bits per heavy atom. The van der Waals surface area contributed by atoms with Gasteiger partial charge in [0.1, 0.15) is 4.90 Å². The van der Waals surface area contributed by atoms with E-state index in [0.717, 1.165) is 6.42 Å². The van der Waals surface area contributed by atoms with Crippen molar-refractivity contribution in [1.29, 1.82) is 0 Å². The average Bonchev–Trinajstić information content (AvgIpc) is 2.38. The normalized spacial score (nSPS) is 13.5. The van der Waals surface area contributed by atoms with Crippen LogP contribution in [-0.4, -0.2) is 20.1 Å². The van der Waals surface area contributed by atoms with Crippen LogP contribution in [0.3, 0.4) is 0 Å². The number of sulfonamides is 1. The van der Waals surface area contributed by atoms with Crippen LogP contribution in [0.15, 0.2) is 17.0 Å². The van der Waals surface area contributed by atoms with Crippen molar-refractivity contribution >= 4 is 33.2 Å². The second-order valence-corrected chi connectivity index (χ2v) is 6.95. The van der Waals surface area contributed by atoms with Gasteiger partial charge < -0.3 is 5.11 Å². The Morgan fingerprint density at radius 2 is 2.00 bits per heavy atom. The number of aliphatic hydroxyl groups is 1. The number of halogens is 2. The van der Waals surface area contributed by atoms with Gasteiger partial charge in [-0.1, -0.05) is 43.5 Å². The minimum Gasteiger partial charge on any atom is -0.392 e. The summed E-state index contributed by atoms with van der Waals surface area (Å²) in [5.41, 5.74) is 0.290. The zero-order valence-electron chi connectivity index (χ0n) is 10.8. The maximum Gasteiger partial charge on any atom is 0.242 e. The van der Waals surface area contributed by atoms with Gasteiger partial charge in [-0.05, 0) is 23.6 Å². The lowest BCUT2D eigenvalue weighted by atomic mass is 10.1. The lowest BCUT2D eigenvalue weighted by Gasteiger charge is -2.13. The second-order valence-electron chi connectivity index (χ2n) is 4.40. The van der Waals surface area contributed by atoms with Crippen LogP contribution in [0.5, 0.6) is 0 Å². The SMILES string of the molecule is CCC(C)CNS(=O)(=O)c1cc(Cl)cc(CO)c1Cl. The summed E-state index contributed by atoms with van der Waals surface area (Å²) < 4.78 is 26.8. The van der Waals surface area contributed by atoms with Gasteiger partial charge >= 0.3 is 0 Å². The molecule has 4 nitrogen and oxygen atoms in total. The fourth-order valence-corrected chi connectivity index (χ4v) is 3.49. The van der Waals surface area contributed by atoms with Gasteiger partial charge in [0.25, 0.3) is 0 Å². The summed E-state index contributed by atoms with van der Waals surface area (Å²) in [4.78, 5) is -0.103. The highest BCUT2D eigenvalue weighted by molar-refractivity contribution is 7.89. The first-order valence-electron chi connectivity index (χ1n) is 5.90. The smallest absolute Gasteiger partial charge is 0.242 e. The lowest BCUT2D eigenvalue weighted by Crippen LogP contribution is -2.28. The fraction of sp³-hybridized carbons (Fsp3) is 0.500. The van der Waals surface area contributed by atoms with E-state index in [9.17, 15) is 8.42 Å². The molecule has 1 aromatic carbocycles. The van der Waals surface area contributed by atoms with Crippen molar-refractivity contribution in [3.05, 3.63) is 27.7 Å². The van der Waals surface area contributed by atoms with Crippen molar-refractivity contribution in [3.8, 4) is 0 Å². The zero-order valence-corrected chi connectivity index (χ0v) is 13.1. The molecule has 0 aliphatic heterocycles. The van der Waals surface area contributed by atoms with Crippen LogP contribution in [0.25, 0.3) is 0 Å². The van der Waals surface area contributed by atoms with E-state index in [1.165, 1.54) is 12.1 Å². The number of nitrogens with one attached hydrogen (secondary N) is 1. The molecule has 1 rings (SSSR count). The van der Waals surface area contributed by atoms with E-state index >= 15 is 0 Å². The summed E-state index contributed by atoms with van der Waals surface area (Å²) in [5, 5.41) is 9.35. The van der Waals surface area contributed by atoms with Crippen molar-refractivity contribution in [2.24, 2.45) is 5.92 Å². The third-order valence-corrected chi connectivity index (χ3v) is 5.08. The van der Waals surface area contributed by atoms with Crippen LogP contribution in [0.2, 0.25) is 10.0 Å². The summed E-state index contributed by atoms with van der Waals surface area (Å²) in [5.74, 6) is 0.227. The van der Waals surface area contributed by atoms with Gasteiger partial charge in [0, 0.05) is 11.6 Å².